The summed E-state index contributed by atoms with van der Waals surface area (Å²) in [6.45, 7) is 0. The van der Waals surface area contributed by atoms with Crippen LogP contribution in [0.4, 0.5) is 0 Å². The second-order valence-corrected chi connectivity index (χ2v) is 5.37. The van der Waals surface area contributed by atoms with E-state index < -0.39 is 0 Å². The lowest BCUT2D eigenvalue weighted by atomic mass is 9.72. The molecule has 2 rings (SSSR count). The Morgan fingerprint density at radius 3 is 2.33 bits per heavy atom. The van der Waals surface area contributed by atoms with E-state index >= 15 is 0 Å². The van der Waals surface area contributed by atoms with E-state index in [4.69, 9.17) is 15.2 Å². The van der Waals surface area contributed by atoms with Crippen LogP contribution < -0.4 is 15.2 Å². The van der Waals surface area contributed by atoms with Crippen molar-refractivity contribution in [3.63, 3.8) is 0 Å². The van der Waals surface area contributed by atoms with Gasteiger partial charge in [0.15, 0.2) is 17.8 Å². The maximum atomic E-state index is 11.1. The molecule has 0 unspecified atom stereocenters. The fourth-order valence-electron chi connectivity index (χ4n) is 2.34. The smallest absolute Gasteiger partial charge is 0.172 e. The summed E-state index contributed by atoms with van der Waals surface area (Å²) in [6, 6.07) is 1.87. The number of carbonyl (C=O) groups is 1. The number of aldehydes is 1. The summed E-state index contributed by atoms with van der Waals surface area (Å²) in [7, 11) is 3.08. The summed E-state index contributed by atoms with van der Waals surface area (Å²) in [5, 5.41) is 0. The first-order chi connectivity index (χ1) is 8.57. The molecule has 0 radical (unpaired) electrons. The summed E-state index contributed by atoms with van der Waals surface area (Å²) in [4.78, 5) is 11.1. The number of hydrogen-bond acceptors (Lipinski definition) is 4. The molecule has 1 aliphatic carbocycles. The molecule has 0 atom stereocenters. The molecule has 0 saturated heterocycles. The van der Waals surface area contributed by atoms with E-state index in [-0.39, 0.29) is 5.54 Å². The fourth-order valence-corrected chi connectivity index (χ4v) is 2.84. The summed E-state index contributed by atoms with van der Waals surface area (Å²) >= 11 is 3.39. The molecule has 2 N–H and O–H groups in total. The SMILES string of the molecule is COc1c(C2(N)CCC2)cc(Br)c(C=O)c1OC. The van der Waals surface area contributed by atoms with Crippen molar-refractivity contribution in [3.8, 4) is 11.5 Å². The van der Waals surface area contributed by atoms with Gasteiger partial charge in [-0.25, -0.2) is 0 Å². The van der Waals surface area contributed by atoms with Crippen LogP contribution in [0.15, 0.2) is 10.5 Å². The van der Waals surface area contributed by atoms with E-state index in [2.05, 4.69) is 15.9 Å². The molecule has 4 nitrogen and oxygen atoms in total. The number of methoxy groups -OCH3 is 2. The van der Waals surface area contributed by atoms with Gasteiger partial charge in [0, 0.05) is 15.6 Å². The van der Waals surface area contributed by atoms with Gasteiger partial charge in [0.05, 0.1) is 19.8 Å². The lowest BCUT2D eigenvalue weighted by Crippen LogP contribution is -2.43. The van der Waals surface area contributed by atoms with Crippen molar-refractivity contribution in [1.29, 1.82) is 0 Å². The summed E-state index contributed by atoms with van der Waals surface area (Å²) in [5.41, 5.74) is 7.31. The zero-order valence-electron chi connectivity index (χ0n) is 10.5. The van der Waals surface area contributed by atoms with E-state index in [1.807, 2.05) is 6.07 Å². The van der Waals surface area contributed by atoms with E-state index in [9.17, 15) is 4.79 Å². The van der Waals surface area contributed by atoms with Crippen molar-refractivity contribution in [3.05, 3.63) is 21.7 Å². The quantitative estimate of drug-likeness (QED) is 0.868. The van der Waals surface area contributed by atoms with Crippen molar-refractivity contribution in [2.75, 3.05) is 14.2 Å². The number of ether oxygens (including phenoxy) is 2. The number of hydrogen-bond donors (Lipinski definition) is 1. The third-order valence-corrected chi connectivity index (χ3v) is 4.19. The monoisotopic (exact) mass is 313 g/mol. The third-order valence-electron chi connectivity index (χ3n) is 3.53. The molecule has 0 heterocycles. The van der Waals surface area contributed by atoms with Gasteiger partial charge in [-0.1, -0.05) is 0 Å². The standard InChI is InChI=1S/C13H16BrNO3/c1-17-11-8(7-16)10(14)6-9(12(11)18-2)13(15)4-3-5-13/h6-7H,3-5,15H2,1-2H3. The Morgan fingerprint density at radius 2 is 1.94 bits per heavy atom. The maximum absolute atomic E-state index is 11.1. The van der Waals surface area contributed by atoms with Crippen molar-refractivity contribution in [2.45, 2.75) is 24.8 Å². The Bertz CT molecular complexity index is 484. The van der Waals surface area contributed by atoms with Crippen molar-refractivity contribution >= 4 is 22.2 Å². The van der Waals surface area contributed by atoms with Gasteiger partial charge in [-0.2, -0.15) is 0 Å². The van der Waals surface area contributed by atoms with Crippen molar-refractivity contribution < 1.29 is 14.3 Å². The Kier molecular flexibility index (Phi) is 3.64. The molecule has 18 heavy (non-hydrogen) atoms. The van der Waals surface area contributed by atoms with Gasteiger partial charge >= 0.3 is 0 Å². The highest BCUT2D eigenvalue weighted by Crippen LogP contribution is 2.48. The zero-order chi connectivity index (χ0) is 13.3. The molecule has 1 saturated carbocycles. The van der Waals surface area contributed by atoms with Gasteiger partial charge in [-0.3, -0.25) is 4.79 Å². The summed E-state index contributed by atoms with van der Waals surface area (Å²) in [5.74, 6) is 0.999. The predicted octanol–water partition coefficient (Wildman–Crippen LogP) is 2.62. The summed E-state index contributed by atoms with van der Waals surface area (Å²) in [6.07, 6.45) is 3.69. The molecule has 98 valence electrons. The highest BCUT2D eigenvalue weighted by Gasteiger charge is 2.38. The van der Waals surface area contributed by atoms with E-state index in [1.54, 1.807) is 7.11 Å². The molecule has 1 aromatic rings. The average Bonchev–Trinajstić information content (AvgIpc) is 2.34. The van der Waals surface area contributed by atoms with Crippen LogP contribution in [0.2, 0.25) is 0 Å². The molecule has 1 aromatic carbocycles. The highest BCUT2D eigenvalue weighted by atomic mass is 79.9. The molecular formula is C13H16BrNO3. The number of nitrogens with two attached hydrogens (primary N) is 1. The van der Waals surface area contributed by atoms with Gasteiger partial charge in [0.2, 0.25) is 0 Å². The van der Waals surface area contributed by atoms with E-state index in [0.29, 0.717) is 21.5 Å². The first-order valence-corrected chi connectivity index (χ1v) is 6.55. The molecule has 1 aliphatic rings. The Hall–Kier alpha value is -1.07. The van der Waals surface area contributed by atoms with Crippen LogP contribution in [-0.2, 0) is 5.54 Å². The highest BCUT2D eigenvalue weighted by molar-refractivity contribution is 9.10. The van der Waals surface area contributed by atoms with E-state index in [1.165, 1.54) is 7.11 Å². The van der Waals surface area contributed by atoms with Gasteiger partial charge < -0.3 is 15.2 Å². The second-order valence-electron chi connectivity index (χ2n) is 4.51. The molecule has 0 amide bonds. The normalized spacial score (nSPS) is 16.9. The van der Waals surface area contributed by atoms with Crippen molar-refractivity contribution in [2.24, 2.45) is 5.73 Å². The van der Waals surface area contributed by atoms with Crippen LogP contribution in [-0.4, -0.2) is 20.5 Å². The van der Waals surface area contributed by atoms with Gasteiger partial charge in [-0.15, -0.1) is 0 Å². The minimum absolute atomic E-state index is 0.372. The topological polar surface area (TPSA) is 61.5 Å². The molecule has 0 aliphatic heterocycles. The van der Waals surface area contributed by atoms with Crippen LogP contribution in [0.3, 0.4) is 0 Å². The molecule has 5 heteroatoms. The third kappa shape index (κ3) is 1.91. The zero-order valence-corrected chi connectivity index (χ0v) is 12.0. The van der Waals surface area contributed by atoms with E-state index in [0.717, 1.165) is 31.1 Å². The first-order valence-electron chi connectivity index (χ1n) is 5.76. The summed E-state index contributed by atoms with van der Waals surface area (Å²) < 4.78 is 11.4. The second kappa shape index (κ2) is 4.90. The molecule has 1 fully saturated rings. The minimum atomic E-state index is -0.372. The lowest BCUT2D eigenvalue weighted by molar-refractivity contribution is 0.111. The number of carbonyl (C=O) groups excluding carboxylic acids is 1. The number of benzene rings is 1. The number of rotatable bonds is 4. The van der Waals surface area contributed by atoms with Crippen LogP contribution in [0.25, 0.3) is 0 Å². The minimum Gasteiger partial charge on any atom is -0.492 e. The Morgan fingerprint density at radius 1 is 1.33 bits per heavy atom. The van der Waals surface area contributed by atoms with Gasteiger partial charge in [0.25, 0.3) is 0 Å². The Labute approximate surface area is 115 Å². The van der Waals surface area contributed by atoms with Gasteiger partial charge in [0.1, 0.15) is 0 Å². The molecule has 0 aromatic heterocycles. The Balaban J connectivity index is 2.67. The average molecular weight is 314 g/mol. The van der Waals surface area contributed by atoms with Crippen LogP contribution in [0.1, 0.15) is 35.2 Å². The lowest BCUT2D eigenvalue weighted by Gasteiger charge is -2.39. The largest absolute Gasteiger partial charge is 0.492 e. The maximum Gasteiger partial charge on any atom is 0.172 e. The van der Waals surface area contributed by atoms with Gasteiger partial charge in [-0.05, 0) is 41.3 Å². The first kappa shape index (κ1) is 13.4. The van der Waals surface area contributed by atoms with Crippen LogP contribution in [0, 0.1) is 0 Å². The molecule has 0 bridgehead atoms. The van der Waals surface area contributed by atoms with Crippen LogP contribution >= 0.6 is 15.9 Å². The predicted molar refractivity (Wildman–Crippen MR) is 72.3 cm³/mol. The number of halogens is 1. The molecular weight excluding hydrogens is 298 g/mol. The molecule has 0 spiro atoms. The van der Waals surface area contributed by atoms with Crippen LogP contribution in [0.5, 0.6) is 11.5 Å². The fraction of sp³-hybridized carbons (Fsp3) is 0.462. The van der Waals surface area contributed by atoms with Crippen molar-refractivity contribution in [1.82, 2.24) is 0 Å².